The lowest BCUT2D eigenvalue weighted by atomic mass is 10.0. The van der Waals surface area contributed by atoms with Crippen LogP contribution < -0.4 is 0 Å². The quantitative estimate of drug-likeness (QED) is 0.192. The summed E-state index contributed by atoms with van der Waals surface area (Å²) < 4.78 is 2.43. The van der Waals surface area contributed by atoms with Gasteiger partial charge in [-0.3, -0.25) is 0 Å². The minimum Gasteiger partial charge on any atom is -0.246 e. The number of pyridine rings is 2. The molecule has 0 fully saturated rings. The Morgan fingerprint density at radius 3 is 1.70 bits per heavy atom. The second-order valence-corrected chi connectivity index (χ2v) is 12.4. The van der Waals surface area contributed by atoms with Crippen molar-refractivity contribution in [1.29, 1.82) is 0 Å². The molecule has 0 aliphatic carbocycles. The molecule has 220 valence electrons. The standard InChI is InChI=1S/C41H25N5S/c1-3-10-27(11-4-1)39-44-40(28-12-5-2-6-13-28)46-41(45-39)31-15-9-14-29(24-31)30-19-18-26-20-21-33(42-35(26)25-30)34-22-23-37-38(43-34)32-16-7-8-17-36(32)47-37/h1-25H. The number of aromatic nitrogens is 5. The van der Waals surface area contributed by atoms with Gasteiger partial charge in [0, 0.05) is 32.2 Å². The molecule has 0 spiro atoms. The highest BCUT2D eigenvalue weighted by Crippen LogP contribution is 2.35. The maximum atomic E-state index is 5.08. The van der Waals surface area contributed by atoms with Crippen molar-refractivity contribution in [3.63, 3.8) is 0 Å². The molecule has 0 unspecified atom stereocenters. The summed E-state index contributed by atoms with van der Waals surface area (Å²) in [5, 5.41) is 2.26. The minimum absolute atomic E-state index is 0.628. The highest BCUT2D eigenvalue weighted by Gasteiger charge is 2.14. The molecule has 6 heteroatoms. The topological polar surface area (TPSA) is 64.5 Å². The van der Waals surface area contributed by atoms with E-state index < -0.39 is 0 Å². The lowest BCUT2D eigenvalue weighted by Gasteiger charge is -2.10. The van der Waals surface area contributed by atoms with E-state index in [0.717, 1.165) is 55.6 Å². The molecule has 4 heterocycles. The van der Waals surface area contributed by atoms with Crippen molar-refractivity contribution in [3.8, 4) is 56.7 Å². The van der Waals surface area contributed by atoms with Crippen molar-refractivity contribution < 1.29 is 0 Å². The average molecular weight is 620 g/mol. The Hall–Kier alpha value is -6.11. The Bertz CT molecular complexity index is 2520. The maximum Gasteiger partial charge on any atom is 0.164 e. The van der Waals surface area contributed by atoms with Gasteiger partial charge in [-0.2, -0.15) is 0 Å². The summed E-state index contributed by atoms with van der Waals surface area (Å²) in [6.45, 7) is 0. The van der Waals surface area contributed by atoms with Crippen LogP contribution in [0.15, 0.2) is 152 Å². The van der Waals surface area contributed by atoms with Gasteiger partial charge in [-0.25, -0.2) is 24.9 Å². The van der Waals surface area contributed by atoms with Gasteiger partial charge >= 0.3 is 0 Å². The molecular formula is C41H25N5S. The highest BCUT2D eigenvalue weighted by molar-refractivity contribution is 7.25. The SMILES string of the molecule is c1ccc(-c2nc(-c3ccccc3)nc(-c3cccc(-c4ccc5ccc(-c6ccc7sc8ccccc8c7n6)nc5c4)c3)n2)cc1. The van der Waals surface area contributed by atoms with Crippen LogP contribution in [0.4, 0.5) is 0 Å². The molecule has 5 nitrogen and oxygen atoms in total. The second-order valence-electron chi connectivity index (χ2n) is 11.4. The van der Waals surface area contributed by atoms with Crippen molar-refractivity contribution in [2.75, 3.05) is 0 Å². The molecular weight excluding hydrogens is 595 g/mol. The number of hydrogen-bond donors (Lipinski definition) is 0. The Morgan fingerprint density at radius 1 is 0.362 bits per heavy atom. The van der Waals surface area contributed by atoms with E-state index in [1.165, 1.54) is 14.8 Å². The Morgan fingerprint density at radius 2 is 0.936 bits per heavy atom. The van der Waals surface area contributed by atoms with Crippen molar-refractivity contribution >= 4 is 42.5 Å². The molecule has 0 saturated heterocycles. The zero-order valence-electron chi connectivity index (χ0n) is 25.1. The predicted octanol–water partition coefficient (Wildman–Crippen LogP) is 10.5. The van der Waals surface area contributed by atoms with Crippen molar-refractivity contribution in [2.24, 2.45) is 0 Å². The molecule has 9 rings (SSSR count). The lowest BCUT2D eigenvalue weighted by Crippen LogP contribution is -2.00. The number of hydrogen-bond acceptors (Lipinski definition) is 6. The van der Waals surface area contributed by atoms with Gasteiger partial charge in [0.05, 0.1) is 27.1 Å². The number of thiophene rings is 1. The number of rotatable bonds is 5. The van der Waals surface area contributed by atoms with E-state index in [9.17, 15) is 0 Å². The molecule has 0 N–H and O–H groups in total. The molecule has 0 atom stereocenters. The van der Waals surface area contributed by atoms with Gasteiger partial charge in [0.25, 0.3) is 0 Å². The summed E-state index contributed by atoms with van der Waals surface area (Å²) in [5.41, 5.74) is 8.60. The molecule has 0 aliphatic rings. The van der Waals surface area contributed by atoms with Gasteiger partial charge in [-0.15, -0.1) is 11.3 Å². The zero-order chi connectivity index (χ0) is 31.2. The van der Waals surface area contributed by atoms with Crippen LogP contribution in [-0.4, -0.2) is 24.9 Å². The van der Waals surface area contributed by atoms with Crippen LogP contribution in [-0.2, 0) is 0 Å². The third-order valence-electron chi connectivity index (χ3n) is 8.33. The summed E-state index contributed by atoms with van der Waals surface area (Å²) in [6, 6.07) is 51.7. The van der Waals surface area contributed by atoms with Crippen LogP contribution in [0.5, 0.6) is 0 Å². The van der Waals surface area contributed by atoms with Gasteiger partial charge < -0.3 is 0 Å². The molecule has 0 radical (unpaired) electrons. The van der Waals surface area contributed by atoms with Gasteiger partial charge in [0.2, 0.25) is 0 Å². The molecule has 9 aromatic rings. The molecule has 5 aromatic carbocycles. The molecule has 47 heavy (non-hydrogen) atoms. The van der Waals surface area contributed by atoms with Crippen molar-refractivity contribution in [1.82, 2.24) is 24.9 Å². The largest absolute Gasteiger partial charge is 0.246 e. The average Bonchev–Trinajstić information content (AvgIpc) is 3.53. The Labute approximate surface area is 275 Å². The van der Waals surface area contributed by atoms with Gasteiger partial charge in [0.15, 0.2) is 17.5 Å². The van der Waals surface area contributed by atoms with E-state index in [1.54, 1.807) is 11.3 Å². The van der Waals surface area contributed by atoms with Gasteiger partial charge in [-0.1, -0.05) is 115 Å². The Kier molecular flexibility index (Phi) is 6.58. The first kappa shape index (κ1) is 27.2. The van der Waals surface area contributed by atoms with Crippen LogP contribution >= 0.6 is 11.3 Å². The van der Waals surface area contributed by atoms with Crippen LogP contribution in [0.1, 0.15) is 0 Å². The minimum atomic E-state index is 0.628. The van der Waals surface area contributed by atoms with Crippen molar-refractivity contribution in [3.05, 3.63) is 152 Å². The summed E-state index contributed by atoms with van der Waals surface area (Å²) in [4.78, 5) is 24.8. The third kappa shape index (κ3) is 5.11. The van der Waals surface area contributed by atoms with E-state index in [2.05, 4.69) is 91.0 Å². The van der Waals surface area contributed by atoms with Crippen LogP contribution in [0.3, 0.4) is 0 Å². The monoisotopic (exact) mass is 619 g/mol. The van der Waals surface area contributed by atoms with Crippen LogP contribution in [0, 0.1) is 0 Å². The number of benzene rings is 5. The maximum absolute atomic E-state index is 5.08. The fourth-order valence-corrected chi connectivity index (χ4v) is 7.00. The highest BCUT2D eigenvalue weighted by atomic mass is 32.1. The van der Waals surface area contributed by atoms with Crippen LogP contribution in [0.2, 0.25) is 0 Å². The van der Waals surface area contributed by atoms with E-state index in [4.69, 9.17) is 24.9 Å². The summed E-state index contributed by atoms with van der Waals surface area (Å²) in [6.07, 6.45) is 0. The Balaban J connectivity index is 1.11. The fourth-order valence-electron chi connectivity index (χ4n) is 5.95. The van der Waals surface area contributed by atoms with Crippen LogP contribution in [0.25, 0.3) is 87.9 Å². The van der Waals surface area contributed by atoms with Gasteiger partial charge in [-0.05, 0) is 47.5 Å². The summed E-state index contributed by atoms with van der Waals surface area (Å²) in [5.74, 6) is 1.91. The van der Waals surface area contributed by atoms with E-state index >= 15 is 0 Å². The van der Waals surface area contributed by atoms with Crippen molar-refractivity contribution in [2.45, 2.75) is 0 Å². The molecule has 0 amide bonds. The van der Waals surface area contributed by atoms with E-state index in [-0.39, 0.29) is 0 Å². The molecule has 0 aliphatic heterocycles. The number of fused-ring (bicyclic) bond motifs is 4. The summed E-state index contributed by atoms with van der Waals surface area (Å²) in [7, 11) is 0. The third-order valence-corrected chi connectivity index (χ3v) is 9.45. The second kappa shape index (κ2) is 11.4. The van der Waals surface area contributed by atoms with E-state index in [0.29, 0.717) is 17.5 Å². The molecule has 4 aromatic heterocycles. The first-order valence-electron chi connectivity index (χ1n) is 15.4. The lowest BCUT2D eigenvalue weighted by molar-refractivity contribution is 1.07. The fraction of sp³-hybridized carbons (Fsp3) is 0. The first-order chi connectivity index (χ1) is 23.2. The van der Waals surface area contributed by atoms with E-state index in [1.807, 2.05) is 60.7 Å². The molecule has 0 saturated carbocycles. The number of nitrogens with zero attached hydrogens (tertiary/aromatic N) is 5. The zero-order valence-corrected chi connectivity index (χ0v) is 25.9. The molecule has 0 bridgehead atoms. The smallest absolute Gasteiger partial charge is 0.164 e. The summed E-state index contributed by atoms with van der Waals surface area (Å²) >= 11 is 1.77. The van der Waals surface area contributed by atoms with Gasteiger partial charge in [0.1, 0.15) is 0 Å². The first-order valence-corrected chi connectivity index (χ1v) is 16.2. The normalized spacial score (nSPS) is 11.4. The predicted molar refractivity (Wildman–Crippen MR) is 193 cm³/mol.